The van der Waals surface area contributed by atoms with E-state index in [1.807, 2.05) is 24.3 Å². The number of amides is 1. The molecule has 23 heavy (non-hydrogen) atoms. The first kappa shape index (κ1) is 15.7. The predicted octanol–water partition coefficient (Wildman–Crippen LogP) is 1.66. The highest BCUT2D eigenvalue weighted by Gasteiger charge is 2.36. The van der Waals surface area contributed by atoms with Gasteiger partial charge in [-0.2, -0.15) is 4.31 Å². The van der Waals surface area contributed by atoms with E-state index in [9.17, 15) is 13.2 Å². The lowest BCUT2D eigenvalue weighted by Crippen LogP contribution is -2.50. The van der Waals surface area contributed by atoms with E-state index < -0.39 is 22.0 Å². The number of rotatable bonds is 3. The minimum atomic E-state index is -3.85. The second-order valence-electron chi connectivity index (χ2n) is 5.28. The Morgan fingerprint density at radius 3 is 2.61 bits per heavy atom. The van der Waals surface area contributed by atoms with Gasteiger partial charge in [0, 0.05) is 6.54 Å². The van der Waals surface area contributed by atoms with Crippen molar-refractivity contribution in [3.05, 3.63) is 54.6 Å². The van der Waals surface area contributed by atoms with Crippen molar-refractivity contribution >= 4 is 26.7 Å². The van der Waals surface area contributed by atoms with Crippen LogP contribution in [0.4, 0.5) is 0 Å². The van der Waals surface area contributed by atoms with Crippen LogP contribution in [-0.4, -0.2) is 36.4 Å². The van der Waals surface area contributed by atoms with Gasteiger partial charge in [-0.15, -0.1) is 0 Å². The zero-order valence-electron chi connectivity index (χ0n) is 12.2. The molecule has 0 unspecified atom stereocenters. The number of carbonyl (C=O) groups is 1. The maximum atomic E-state index is 12.9. The van der Waals surface area contributed by atoms with E-state index in [0.717, 1.165) is 15.1 Å². The molecule has 1 aliphatic rings. The zero-order chi connectivity index (χ0) is 16.4. The number of nitrogens with one attached hydrogen (secondary N) is 1. The Hall–Kier alpha value is -2.22. The second kappa shape index (κ2) is 6.11. The summed E-state index contributed by atoms with van der Waals surface area (Å²) in [6.07, 6.45) is 3.64. The Kier molecular flexibility index (Phi) is 4.16. The van der Waals surface area contributed by atoms with Gasteiger partial charge >= 0.3 is 0 Å². The highest BCUT2D eigenvalue weighted by molar-refractivity contribution is 7.89. The summed E-state index contributed by atoms with van der Waals surface area (Å²) < 4.78 is 26.9. The Balaban J connectivity index is 2.04. The third-order valence-electron chi connectivity index (χ3n) is 3.90. The topological polar surface area (TPSA) is 86.7 Å². The van der Waals surface area contributed by atoms with Gasteiger partial charge in [-0.3, -0.25) is 10.0 Å². The molecule has 1 heterocycles. The van der Waals surface area contributed by atoms with Crippen LogP contribution < -0.4 is 5.48 Å². The van der Waals surface area contributed by atoms with Crippen LogP contribution in [0.15, 0.2) is 59.5 Å². The minimum Gasteiger partial charge on any atom is -0.289 e. The monoisotopic (exact) mass is 332 g/mol. The first-order valence-corrected chi connectivity index (χ1v) is 8.57. The summed E-state index contributed by atoms with van der Waals surface area (Å²) in [7, 11) is -3.85. The summed E-state index contributed by atoms with van der Waals surface area (Å²) in [5.74, 6) is -0.737. The molecular weight excluding hydrogens is 316 g/mol. The largest absolute Gasteiger partial charge is 0.289 e. The minimum absolute atomic E-state index is 0.0905. The van der Waals surface area contributed by atoms with Crippen LogP contribution in [0.3, 0.4) is 0 Å². The normalized spacial score (nSPS) is 18.9. The Morgan fingerprint density at radius 2 is 1.87 bits per heavy atom. The van der Waals surface area contributed by atoms with Crippen LogP contribution >= 0.6 is 0 Å². The van der Waals surface area contributed by atoms with Crippen molar-refractivity contribution in [1.29, 1.82) is 0 Å². The summed E-state index contributed by atoms with van der Waals surface area (Å²) in [5.41, 5.74) is 1.54. The zero-order valence-corrected chi connectivity index (χ0v) is 13.0. The van der Waals surface area contributed by atoms with Crippen molar-refractivity contribution in [3.8, 4) is 0 Å². The summed E-state index contributed by atoms with van der Waals surface area (Å²) in [6.45, 7) is 0.0905. The molecular formula is C16H16N2O4S. The van der Waals surface area contributed by atoms with Crippen molar-refractivity contribution in [2.24, 2.45) is 0 Å². The fraction of sp³-hybridized carbons (Fsp3) is 0.188. The molecule has 2 N–H and O–H groups in total. The van der Waals surface area contributed by atoms with Crippen LogP contribution in [-0.2, 0) is 14.8 Å². The van der Waals surface area contributed by atoms with Gasteiger partial charge in [0.15, 0.2) is 0 Å². The Bertz CT molecular complexity index is 877. The van der Waals surface area contributed by atoms with E-state index in [4.69, 9.17) is 5.21 Å². The molecule has 120 valence electrons. The number of benzene rings is 2. The van der Waals surface area contributed by atoms with E-state index in [-0.39, 0.29) is 17.9 Å². The highest BCUT2D eigenvalue weighted by atomic mass is 32.2. The van der Waals surface area contributed by atoms with Gasteiger partial charge in [0.2, 0.25) is 10.0 Å². The Labute approximate surface area is 134 Å². The third kappa shape index (κ3) is 2.86. The molecule has 6 nitrogen and oxygen atoms in total. The Morgan fingerprint density at radius 1 is 1.13 bits per heavy atom. The summed E-state index contributed by atoms with van der Waals surface area (Å²) in [6, 6.07) is 11.4. The average Bonchev–Trinajstić information content (AvgIpc) is 2.60. The fourth-order valence-electron chi connectivity index (χ4n) is 2.69. The van der Waals surface area contributed by atoms with E-state index in [2.05, 4.69) is 0 Å². The van der Waals surface area contributed by atoms with Crippen LogP contribution in [0.5, 0.6) is 0 Å². The SMILES string of the molecule is O=C(NO)[C@H]1CC=CCN1S(=O)(=O)c1ccc2ccccc2c1. The van der Waals surface area contributed by atoms with Crippen molar-refractivity contribution in [3.63, 3.8) is 0 Å². The van der Waals surface area contributed by atoms with Crippen LogP contribution in [0.1, 0.15) is 6.42 Å². The summed E-state index contributed by atoms with van der Waals surface area (Å²) in [5, 5.41) is 10.6. The molecule has 1 aliphatic heterocycles. The van der Waals surface area contributed by atoms with Gasteiger partial charge in [-0.05, 0) is 29.3 Å². The molecule has 0 aliphatic carbocycles. The maximum absolute atomic E-state index is 12.9. The lowest BCUT2D eigenvalue weighted by molar-refractivity contribution is -0.133. The number of hydrogen-bond acceptors (Lipinski definition) is 4. The smallest absolute Gasteiger partial charge is 0.262 e. The molecule has 0 spiro atoms. The maximum Gasteiger partial charge on any atom is 0.262 e. The summed E-state index contributed by atoms with van der Waals surface area (Å²) in [4.78, 5) is 11.9. The highest BCUT2D eigenvalue weighted by Crippen LogP contribution is 2.25. The second-order valence-corrected chi connectivity index (χ2v) is 7.17. The van der Waals surface area contributed by atoms with Crippen molar-refractivity contribution in [2.75, 3.05) is 6.54 Å². The third-order valence-corrected chi connectivity index (χ3v) is 5.77. The number of sulfonamides is 1. The molecule has 3 rings (SSSR count). The van der Waals surface area contributed by atoms with E-state index in [1.165, 1.54) is 11.5 Å². The van der Waals surface area contributed by atoms with Gasteiger partial charge in [0.05, 0.1) is 4.90 Å². The number of fused-ring (bicyclic) bond motifs is 1. The van der Waals surface area contributed by atoms with E-state index >= 15 is 0 Å². The van der Waals surface area contributed by atoms with Crippen LogP contribution in [0.2, 0.25) is 0 Å². The van der Waals surface area contributed by atoms with Crippen molar-refractivity contribution in [1.82, 2.24) is 9.79 Å². The fourth-order valence-corrected chi connectivity index (χ4v) is 4.28. The molecule has 2 aromatic carbocycles. The standard InChI is InChI=1S/C16H16N2O4S/c19-16(17-20)15-7-3-4-10-18(15)23(21,22)14-9-8-12-5-1-2-6-13(12)11-14/h1-6,8-9,11,15,20H,7,10H2,(H,17,19)/t15-/m1/s1. The van der Waals surface area contributed by atoms with E-state index in [1.54, 1.807) is 24.3 Å². The first-order valence-electron chi connectivity index (χ1n) is 7.13. The molecule has 0 aromatic heterocycles. The number of hydroxylamine groups is 1. The van der Waals surface area contributed by atoms with Gasteiger partial charge < -0.3 is 0 Å². The molecule has 1 amide bonds. The van der Waals surface area contributed by atoms with Crippen molar-refractivity contribution in [2.45, 2.75) is 17.4 Å². The van der Waals surface area contributed by atoms with Gasteiger partial charge in [-0.1, -0.05) is 42.5 Å². The van der Waals surface area contributed by atoms with Crippen molar-refractivity contribution < 1.29 is 18.4 Å². The molecule has 0 bridgehead atoms. The average molecular weight is 332 g/mol. The lowest BCUT2D eigenvalue weighted by atomic mass is 10.1. The molecule has 2 aromatic rings. The van der Waals surface area contributed by atoms with Crippen LogP contribution in [0.25, 0.3) is 10.8 Å². The number of nitrogens with zero attached hydrogens (tertiary/aromatic N) is 1. The van der Waals surface area contributed by atoms with E-state index in [0.29, 0.717) is 0 Å². The number of hydrogen-bond donors (Lipinski definition) is 2. The van der Waals surface area contributed by atoms with Gasteiger partial charge in [-0.25, -0.2) is 13.9 Å². The van der Waals surface area contributed by atoms with Crippen LogP contribution in [0, 0.1) is 0 Å². The predicted molar refractivity (Wildman–Crippen MR) is 85.3 cm³/mol. The molecule has 0 saturated heterocycles. The quantitative estimate of drug-likeness (QED) is 0.508. The molecule has 0 saturated carbocycles. The lowest BCUT2D eigenvalue weighted by Gasteiger charge is -2.30. The molecule has 0 fully saturated rings. The molecule has 7 heteroatoms. The summed E-state index contributed by atoms with van der Waals surface area (Å²) >= 11 is 0. The number of carbonyl (C=O) groups excluding carboxylic acids is 1. The molecule has 1 atom stereocenters. The van der Waals surface area contributed by atoms with Gasteiger partial charge in [0.25, 0.3) is 5.91 Å². The molecule has 0 radical (unpaired) electrons. The van der Waals surface area contributed by atoms with Gasteiger partial charge in [0.1, 0.15) is 6.04 Å². The first-order chi connectivity index (χ1) is 11.0.